The maximum atomic E-state index is 12.1. The Morgan fingerprint density at radius 2 is 2.19 bits per heavy atom. The van der Waals surface area contributed by atoms with Gasteiger partial charge in [-0.25, -0.2) is 12.7 Å². The second-order valence-electron chi connectivity index (χ2n) is 3.80. The molecule has 2 rings (SSSR count). The first-order valence-corrected chi connectivity index (χ1v) is 7.77. The van der Waals surface area contributed by atoms with Gasteiger partial charge in [0.05, 0.1) is 3.79 Å². The fourth-order valence-electron chi connectivity index (χ4n) is 1.63. The van der Waals surface area contributed by atoms with E-state index < -0.39 is 10.0 Å². The Morgan fingerprint density at radius 3 is 2.62 bits per heavy atom. The van der Waals surface area contributed by atoms with Gasteiger partial charge in [-0.1, -0.05) is 6.92 Å². The van der Waals surface area contributed by atoms with Crippen molar-refractivity contribution in [2.45, 2.75) is 17.6 Å². The number of sulfonamides is 1. The Morgan fingerprint density at radius 1 is 1.50 bits per heavy atom. The van der Waals surface area contributed by atoms with E-state index in [1.165, 1.54) is 6.07 Å². The Balaban J connectivity index is 2.37. The molecule has 1 saturated heterocycles. The van der Waals surface area contributed by atoms with Crippen LogP contribution in [0.5, 0.6) is 0 Å². The molecule has 7 heteroatoms. The van der Waals surface area contributed by atoms with Gasteiger partial charge < -0.3 is 0 Å². The minimum absolute atomic E-state index is 0.102. The highest BCUT2D eigenvalue weighted by Gasteiger charge is 2.37. The van der Waals surface area contributed by atoms with Crippen LogP contribution in [0.15, 0.2) is 20.1 Å². The predicted molar refractivity (Wildman–Crippen MR) is 64.7 cm³/mol. The first kappa shape index (κ1) is 12.1. The molecule has 1 aliphatic rings. The lowest BCUT2D eigenvalue weighted by molar-refractivity contribution is -0.123. The molecule has 4 nitrogen and oxygen atoms in total. The summed E-state index contributed by atoms with van der Waals surface area (Å²) in [5.41, 5.74) is 0. The van der Waals surface area contributed by atoms with Crippen LogP contribution in [0.25, 0.3) is 0 Å². The van der Waals surface area contributed by atoms with Crippen LogP contribution in [0.3, 0.4) is 0 Å². The Hall–Kier alpha value is -0.400. The molecule has 1 amide bonds. The van der Waals surface area contributed by atoms with Crippen molar-refractivity contribution in [3.8, 4) is 0 Å². The fraction of sp³-hybridized carbons (Fsp3) is 0.444. The van der Waals surface area contributed by atoms with Gasteiger partial charge in [-0.2, -0.15) is 0 Å². The number of hydrogen-bond donors (Lipinski definition) is 0. The average molecular weight is 324 g/mol. The first-order valence-electron chi connectivity index (χ1n) is 4.72. The van der Waals surface area contributed by atoms with Crippen LogP contribution in [0.1, 0.15) is 13.3 Å². The summed E-state index contributed by atoms with van der Waals surface area (Å²) < 4.78 is 26.1. The molecule has 1 aliphatic heterocycles. The Labute approximate surface area is 106 Å². The molecule has 1 aromatic rings. The zero-order valence-corrected chi connectivity index (χ0v) is 11.7. The predicted octanol–water partition coefficient (Wildman–Crippen LogP) is 2.07. The number of amides is 1. The molecule has 16 heavy (non-hydrogen) atoms. The van der Waals surface area contributed by atoms with Gasteiger partial charge >= 0.3 is 0 Å². The first-order chi connectivity index (χ1) is 7.41. The zero-order valence-electron chi connectivity index (χ0n) is 8.51. The topological polar surface area (TPSA) is 54.5 Å². The third-order valence-corrected chi connectivity index (χ3v) is 6.25. The molecule has 88 valence electrons. The number of carbonyl (C=O) groups excluding carboxylic acids is 1. The number of nitrogens with zero attached hydrogens (tertiary/aromatic N) is 1. The highest BCUT2D eigenvalue weighted by atomic mass is 79.9. The van der Waals surface area contributed by atoms with E-state index in [0.717, 1.165) is 19.4 Å². The van der Waals surface area contributed by atoms with Crippen molar-refractivity contribution in [3.63, 3.8) is 0 Å². The summed E-state index contributed by atoms with van der Waals surface area (Å²) in [7, 11) is -3.63. The van der Waals surface area contributed by atoms with E-state index in [9.17, 15) is 13.2 Å². The van der Waals surface area contributed by atoms with Crippen molar-refractivity contribution in [1.29, 1.82) is 0 Å². The minimum Gasteiger partial charge on any atom is -0.274 e. The number of carbonyl (C=O) groups is 1. The van der Waals surface area contributed by atoms with Gasteiger partial charge in [0.2, 0.25) is 5.91 Å². The lowest BCUT2D eigenvalue weighted by Gasteiger charge is -2.14. The van der Waals surface area contributed by atoms with E-state index in [4.69, 9.17) is 0 Å². The summed E-state index contributed by atoms with van der Waals surface area (Å²) >= 11 is 4.33. The molecule has 2 heterocycles. The molecule has 1 unspecified atom stereocenters. The normalized spacial score (nSPS) is 21.8. The number of thiophene rings is 1. The number of halogens is 1. The van der Waals surface area contributed by atoms with Gasteiger partial charge in [0.25, 0.3) is 10.0 Å². The molecule has 0 saturated carbocycles. The van der Waals surface area contributed by atoms with E-state index in [1.807, 2.05) is 6.92 Å². The molecule has 0 aliphatic carbocycles. The molecule has 0 bridgehead atoms. The summed E-state index contributed by atoms with van der Waals surface area (Å²) in [5, 5.41) is 0. The highest BCUT2D eigenvalue weighted by molar-refractivity contribution is 9.11. The van der Waals surface area contributed by atoms with Gasteiger partial charge in [0.1, 0.15) is 4.21 Å². The number of rotatable bonds is 2. The van der Waals surface area contributed by atoms with Crippen LogP contribution in [-0.2, 0) is 14.8 Å². The minimum atomic E-state index is -3.63. The highest BCUT2D eigenvalue weighted by Crippen LogP contribution is 2.31. The lowest BCUT2D eigenvalue weighted by atomic mass is 10.2. The zero-order chi connectivity index (χ0) is 11.9. The van der Waals surface area contributed by atoms with E-state index >= 15 is 0 Å². The molecule has 1 atom stereocenters. The van der Waals surface area contributed by atoms with Crippen LogP contribution in [0.4, 0.5) is 0 Å². The Bertz CT molecular complexity index is 523. The van der Waals surface area contributed by atoms with Crippen LogP contribution >= 0.6 is 27.3 Å². The second-order valence-corrected chi connectivity index (χ2v) is 8.35. The van der Waals surface area contributed by atoms with E-state index in [0.29, 0.717) is 6.42 Å². The molecule has 0 N–H and O–H groups in total. The average Bonchev–Trinajstić information content (AvgIpc) is 2.73. The van der Waals surface area contributed by atoms with Gasteiger partial charge in [0, 0.05) is 13.0 Å². The van der Waals surface area contributed by atoms with Crippen LogP contribution < -0.4 is 0 Å². The summed E-state index contributed by atoms with van der Waals surface area (Å²) in [6.45, 7) is 2.16. The molecule has 0 spiro atoms. The van der Waals surface area contributed by atoms with Crippen LogP contribution in [0, 0.1) is 5.92 Å². The molecular weight excluding hydrogens is 314 g/mol. The largest absolute Gasteiger partial charge is 0.276 e. The molecule has 1 fully saturated rings. The van der Waals surface area contributed by atoms with Gasteiger partial charge in [-0.05, 0) is 34.0 Å². The van der Waals surface area contributed by atoms with Crippen molar-refractivity contribution in [3.05, 3.63) is 15.9 Å². The van der Waals surface area contributed by atoms with Crippen molar-refractivity contribution in [2.24, 2.45) is 5.92 Å². The van der Waals surface area contributed by atoms with Crippen molar-refractivity contribution < 1.29 is 13.2 Å². The lowest BCUT2D eigenvalue weighted by Crippen LogP contribution is -2.31. The van der Waals surface area contributed by atoms with Crippen molar-refractivity contribution >= 4 is 43.2 Å². The molecule has 0 radical (unpaired) electrons. The number of hydrogen-bond acceptors (Lipinski definition) is 4. The summed E-state index contributed by atoms with van der Waals surface area (Å²) in [4.78, 5) is 11.6. The molecular formula is C9H10BrNO3S2. The standard InChI is InChI=1S/C9H10BrNO3S2/c1-6-4-8(12)11(5-6)16(13,14)9-3-2-7(10)15-9/h2-3,6H,4-5H2,1H3. The van der Waals surface area contributed by atoms with E-state index in [2.05, 4.69) is 15.9 Å². The molecule has 0 aromatic carbocycles. The summed E-state index contributed by atoms with van der Waals surface area (Å²) in [6, 6.07) is 3.18. The second kappa shape index (κ2) is 4.12. The van der Waals surface area contributed by atoms with E-state index in [-0.39, 0.29) is 22.6 Å². The summed E-state index contributed by atoms with van der Waals surface area (Å²) in [5.74, 6) is -0.206. The maximum absolute atomic E-state index is 12.1. The maximum Gasteiger partial charge on any atom is 0.276 e. The quantitative estimate of drug-likeness (QED) is 0.837. The third kappa shape index (κ3) is 2.03. The van der Waals surface area contributed by atoms with Crippen LogP contribution in [0.2, 0.25) is 0 Å². The van der Waals surface area contributed by atoms with E-state index in [1.54, 1.807) is 6.07 Å². The smallest absolute Gasteiger partial charge is 0.274 e. The van der Waals surface area contributed by atoms with Gasteiger partial charge in [-0.3, -0.25) is 4.79 Å². The van der Waals surface area contributed by atoms with Crippen molar-refractivity contribution in [2.75, 3.05) is 6.54 Å². The Kier molecular flexibility index (Phi) is 3.11. The van der Waals surface area contributed by atoms with Crippen molar-refractivity contribution in [1.82, 2.24) is 4.31 Å². The fourth-order valence-corrected chi connectivity index (χ4v) is 5.28. The van der Waals surface area contributed by atoms with Gasteiger partial charge in [0.15, 0.2) is 0 Å². The monoisotopic (exact) mass is 323 g/mol. The van der Waals surface area contributed by atoms with Gasteiger partial charge in [-0.15, -0.1) is 11.3 Å². The van der Waals surface area contributed by atoms with Crippen LogP contribution in [-0.4, -0.2) is 25.2 Å². The molecule has 1 aromatic heterocycles. The summed E-state index contributed by atoms with van der Waals surface area (Å²) in [6.07, 6.45) is 0.311. The third-order valence-electron chi connectivity index (χ3n) is 2.37. The SMILES string of the molecule is CC1CC(=O)N(S(=O)(=O)c2ccc(Br)s2)C1.